The molecule has 1 heterocycles. The normalized spacial score (nSPS) is 13.3. The van der Waals surface area contributed by atoms with Crippen LogP contribution in [-0.4, -0.2) is 24.0 Å². The summed E-state index contributed by atoms with van der Waals surface area (Å²) in [6.07, 6.45) is 4.39. The van der Waals surface area contributed by atoms with E-state index in [-0.39, 0.29) is 18.1 Å². The summed E-state index contributed by atoms with van der Waals surface area (Å²) < 4.78 is 5.53. The van der Waals surface area contributed by atoms with Crippen LogP contribution in [0, 0.1) is 0 Å². The lowest BCUT2D eigenvalue weighted by atomic mass is 10.0. The van der Waals surface area contributed by atoms with E-state index in [2.05, 4.69) is 10.3 Å². The van der Waals surface area contributed by atoms with Gasteiger partial charge in [0, 0.05) is 30.9 Å². The second-order valence-electron chi connectivity index (χ2n) is 5.43. The van der Waals surface area contributed by atoms with E-state index in [0.717, 1.165) is 11.1 Å². The predicted octanol–water partition coefficient (Wildman–Crippen LogP) is 3.56. The van der Waals surface area contributed by atoms with Crippen LogP contribution in [0.3, 0.4) is 0 Å². The molecule has 1 aromatic heterocycles. The van der Waals surface area contributed by atoms with Crippen molar-refractivity contribution in [3.05, 3.63) is 64.9 Å². The summed E-state index contributed by atoms with van der Waals surface area (Å²) in [5.74, 6) is -0.00244. The Morgan fingerprint density at radius 3 is 2.65 bits per heavy atom. The average molecular weight is 333 g/mol. The van der Waals surface area contributed by atoms with Gasteiger partial charge in [0.2, 0.25) is 5.91 Å². The number of nitrogens with one attached hydrogen (secondary N) is 1. The fourth-order valence-electron chi connectivity index (χ4n) is 2.49. The van der Waals surface area contributed by atoms with Crippen LogP contribution in [0.5, 0.6) is 0 Å². The van der Waals surface area contributed by atoms with Gasteiger partial charge in [-0.15, -0.1) is 0 Å². The number of aryl methyl sites for hydroxylation is 1. The van der Waals surface area contributed by atoms with Gasteiger partial charge in [-0.2, -0.15) is 0 Å². The van der Waals surface area contributed by atoms with E-state index < -0.39 is 0 Å². The van der Waals surface area contributed by atoms with Gasteiger partial charge in [-0.05, 0) is 42.7 Å². The van der Waals surface area contributed by atoms with Crippen LogP contribution in [0.15, 0.2) is 48.8 Å². The lowest BCUT2D eigenvalue weighted by molar-refractivity contribution is -0.122. The molecule has 4 nitrogen and oxygen atoms in total. The molecule has 0 bridgehead atoms. The van der Waals surface area contributed by atoms with Crippen LogP contribution in [0.4, 0.5) is 0 Å². The fourth-order valence-corrected chi connectivity index (χ4v) is 2.61. The van der Waals surface area contributed by atoms with Gasteiger partial charge in [0.1, 0.15) is 6.10 Å². The molecule has 1 aromatic carbocycles. The van der Waals surface area contributed by atoms with E-state index in [1.54, 1.807) is 19.5 Å². The number of rotatable bonds is 7. The molecule has 0 saturated heterocycles. The first-order valence-electron chi connectivity index (χ1n) is 7.56. The van der Waals surface area contributed by atoms with Gasteiger partial charge < -0.3 is 10.1 Å². The molecule has 2 atom stereocenters. The minimum absolute atomic E-state index is 0.00244. The van der Waals surface area contributed by atoms with Crippen molar-refractivity contribution >= 4 is 17.5 Å². The quantitative estimate of drug-likeness (QED) is 0.843. The standard InChI is InChI=1S/C18H21ClN2O2/c1-13(18(23-2)15-6-8-16(19)9-7-15)21-17(22)10-5-14-4-3-11-20-12-14/h3-4,6-9,11-13,18H,5,10H2,1-2H3,(H,21,22)/t13-,18+/m1/s1. The van der Waals surface area contributed by atoms with Crippen molar-refractivity contribution in [2.45, 2.75) is 31.9 Å². The summed E-state index contributed by atoms with van der Waals surface area (Å²) in [5.41, 5.74) is 2.04. The number of methoxy groups -OCH3 is 1. The minimum Gasteiger partial charge on any atom is -0.375 e. The molecule has 1 N–H and O–H groups in total. The second kappa shape index (κ2) is 8.65. The number of pyridine rings is 1. The van der Waals surface area contributed by atoms with Gasteiger partial charge >= 0.3 is 0 Å². The maximum Gasteiger partial charge on any atom is 0.220 e. The van der Waals surface area contributed by atoms with E-state index in [1.165, 1.54) is 0 Å². The number of amides is 1. The fraction of sp³-hybridized carbons (Fsp3) is 0.333. The van der Waals surface area contributed by atoms with Crippen molar-refractivity contribution in [3.8, 4) is 0 Å². The summed E-state index contributed by atoms with van der Waals surface area (Å²) in [6.45, 7) is 1.94. The number of hydrogen-bond donors (Lipinski definition) is 1. The minimum atomic E-state index is -0.213. The molecule has 0 saturated carbocycles. The molecule has 0 aliphatic rings. The van der Waals surface area contributed by atoms with Crippen molar-refractivity contribution in [3.63, 3.8) is 0 Å². The molecule has 2 rings (SSSR count). The number of halogens is 1. The molecule has 0 fully saturated rings. The van der Waals surface area contributed by atoms with Crippen LogP contribution in [0.1, 0.15) is 30.6 Å². The number of hydrogen-bond acceptors (Lipinski definition) is 3. The number of benzene rings is 1. The summed E-state index contributed by atoms with van der Waals surface area (Å²) in [7, 11) is 1.64. The zero-order chi connectivity index (χ0) is 16.7. The number of ether oxygens (including phenoxy) is 1. The highest BCUT2D eigenvalue weighted by Gasteiger charge is 2.20. The molecule has 0 radical (unpaired) electrons. The first kappa shape index (κ1) is 17.4. The van der Waals surface area contributed by atoms with Gasteiger partial charge in [-0.1, -0.05) is 29.8 Å². The summed E-state index contributed by atoms with van der Waals surface area (Å²) >= 11 is 5.91. The van der Waals surface area contributed by atoms with Gasteiger partial charge in [0.25, 0.3) is 0 Å². The van der Waals surface area contributed by atoms with Gasteiger partial charge in [-0.3, -0.25) is 9.78 Å². The maximum absolute atomic E-state index is 12.1. The van der Waals surface area contributed by atoms with E-state index in [4.69, 9.17) is 16.3 Å². The summed E-state index contributed by atoms with van der Waals surface area (Å²) in [4.78, 5) is 16.2. The molecular formula is C18H21ClN2O2. The van der Waals surface area contributed by atoms with Crippen LogP contribution < -0.4 is 5.32 Å². The third kappa shape index (κ3) is 5.34. The molecule has 0 aliphatic heterocycles. The van der Waals surface area contributed by atoms with Crippen molar-refractivity contribution in [2.24, 2.45) is 0 Å². The Morgan fingerprint density at radius 1 is 1.30 bits per heavy atom. The molecule has 122 valence electrons. The predicted molar refractivity (Wildman–Crippen MR) is 91.4 cm³/mol. The molecular weight excluding hydrogens is 312 g/mol. The van der Waals surface area contributed by atoms with Crippen molar-refractivity contribution in [2.75, 3.05) is 7.11 Å². The molecule has 0 aliphatic carbocycles. The zero-order valence-corrected chi connectivity index (χ0v) is 14.1. The third-order valence-electron chi connectivity index (χ3n) is 3.66. The monoisotopic (exact) mass is 332 g/mol. The Morgan fingerprint density at radius 2 is 2.04 bits per heavy atom. The Hall–Kier alpha value is -1.91. The Labute approximate surface area is 141 Å². The molecule has 0 unspecified atom stereocenters. The SMILES string of the molecule is CO[C@H](c1ccc(Cl)cc1)[C@@H](C)NC(=O)CCc1cccnc1. The first-order valence-corrected chi connectivity index (χ1v) is 7.94. The van der Waals surface area contributed by atoms with Crippen LogP contribution in [0.25, 0.3) is 0 Å². The Kier molecular flexibility index (Phi) is 6.56. The van der Waals surface area contributed by atoms with Crippen LogP contribution >= 0.6 is 11.6 Å². The largest absolute Gasteiger partial charge is 0.375 e. The van der Waals surface area contributed by atoms with Gasteiger partial charge in [-0.25, -0.2) is 0 Å². The van der Waals surface area contributed by atoms with Gasteiger partial charge in [0.05, 0.1) is 6.04 Å². The third-order valence-corrected chi connectivity index (χ3v) is 3.91. The van der Waals surface area contributed by atoms with Gasteiger partial charge in [0.15, 0.2) is 0 Å². The van der Waals surface area contributed by atoms with E-state index in [1.807, 2.05) is 43.3 Å². The van der Waals surface area contributed by atoms with Crippen molar-refractivity contribution in [1.29, 1.82) is 0 Å². The Bertz CT molecular complexity index is 617. The highest BCUT2D eigenvalue weighted by Crippen LogP contribution is 2.22. The maximum atomic E-state index is 12.1. The lowest BCUT2D eigenvalue weighted by Crippen LogP contribution is -2.37. The lowest BCUT2D eigenvalue weighted by Gasteiger charge is -2.24. The highest BCUT2D eigenvalue weighted by molar-refractivity contribution is 6.30. The molecule has 1 amide bonds. The van der Waals surface area contributed by atoms with E-state index in [9.17, 15) is 4.79 Å². The summed E-state index contributed by atoms with van der Waals surface area (Å²) in [6, 6.07) is 11.2. The number of carbonyl (C=O) groups excluding carboxylic acids is 1. The van der Waals surface area contributed by atoms with E-state index >= 15 is 0 Å². The van der Waals surface area contributed by atoms with Crippen molar-refractivity contribution in [1.82, 2.24) is 10.3 Å². The smallest absolute Gasteiger partial charge is 0.220 e. The highest BCUT2D eigenvalue weighted by atomic mass is 35.5. The average Bonchev–Trinajstić information content (AvgIpc) is 2.56. The second-order valence-corrected chi connectivity index (χ2v) is 5.86. The molecule has 5 heteroatoms. The molecule has 0 spiro atoms. The number of carbonyl (C=O) groups is 1. The first-order chi connectivity index (χ1) is 11.1. The van der Waals surface area contributed by atoms with Crippen molar-refractivity contribution < 1.29 is 9.53 Å². The Balaban J connectivity index is 1.89. The number of nitrogens with zero attached hydrogens (tertiary/aromatic N) is 1. The van der Waals surface area contributed by atoms with Crippen LogP contribution in [-0.2, 0) is 16.0 Å². The summed E-state index contributed by atoms with van der Waals surface area (Å²) in [5, 5.41) is 3.67. The molecule has 23 heavy (non-hydrogen) atoms. The zero-order valence-electron chi connectivity index (χ0n) is 13.3. The number of aromatic nitrogens is 1. The molecule has 2 aromatic rings. The topological polar surface area (TPSA) is 51.2 Å². The van der Waals surface area contributed by atoms with Crippen LogP contribution in [0.2, 0.25) is 5.02 Å². The van der Waals surface area contributed by atoms with E-state index in [0.29, 0.717) is 17.9 Å².